The van der Waals surface area contributed by atoms with E-state index in [9.17, 15) is 36.2 Å². The lowest BCUT2D eigenvalue weighted by molar-refractivity contribution is -0.143. The van der Waals surface area contributed by atoms with E-state index in [0.29, 0.717) is 12.1 Å². The molecule has 1 unspecified atom stereocenters. The molecule has 0 radical (unpaired) electrons. The number of nitrogens with one attached hydrogen (secondary N) is 1. The largest absolute Gasteiger partial charge is 0.416 e. The average molecular weight is 407 g/mol. The predicted molar refractivity (Wildman–Crippen MR) is 81.6 cm³/mol. The lowest BCUT2D eigenvalue weighted by atomic mass is 10.0. The van der Waals surface area contributed by atoms with E-state index in [2.05, 4.69) is 15.4 Å². The molecule has 28 heavy (non-hydrogen) atoms. The van der Waals surface area contributed by atoms with Gasteiger partial charge >= 0.3 is 12.4 Å². The van der Waals surface area contributed by atoms with Crippen molar-refractivity contribution >= 4 is 12.1 Å². The first kappa shape index (κ1) is 19.7. The zero-order valence-electron chi connectivity index (χ0n) is 13.9. The molecule has 1 fully saturated rings. The van der Waals surface area contributed by atoms with Gasteiger partial charge in [0.05, 0.1) is 17.3 Å². The average Bonchev–Trinajstić information content (AvgIpc) is 3.14. The molecule has 1 atom stereocenters. The fourth-order valence-corrected chi connectivity index (χ4v) is 2.38. The number of hydrogen-bond acceptors (Lipinski definition) is 5. The summed E-state index contributed by atoms with van der Waals surface area (Å²) in [6.07, 6.45) is -9.19. The second-order valence-corrected chi connectivity index (χ2v) is 5.82. The standard InChI is InChI=1S/C15H11F6N5O2/c1-25-12(27)10(23-13(25)28)5-26-6-22-11(24-26)7-2-8(14(16,17)18)4-9(3-7)15(19,20)21/h2-6,13,23,28H,1H3/b10-5-. The van der Waals surface area contributed by atoms with Gasteiger partial charge in [-0.2, -0.15) is 26.3 Å². The summed E-state index contributed by atoms with van der Waals surface area (Å²) < 4.78 is 78.6. The molecule has 1 aliphatic heterocycles. The Morgan fingerprint density at radius 3 is 2.14 bits per heavy atom. The predicted octanol–water partition coefficient (Wildman–Crippen LogP) is 2.12. The Labute approximate surface area is 152 Å². The van der Waals surface area contributed by atoms with E-state index in [1.807, 2.05) is 0 Å². The van der Waals surface area contributed by atoms with Crippen LogP contribution in [0.2, 0.25) is 0 Å². The molecule has 1 saturated heterocycles. The van der Waals surface area contributed by atoms with Crippen LogP contribution in [0.5, 0.6) is 0 Å². The van der Waals surface area contributed by atoms with Gasteiger partial charge in [0.1, 0.15) is 12.0 Å². The molecule has 2 N–H and O–H groups in total. The number of likely N-dealkylation sites (N-methyl/N-ethyl adjacent to an activating group) is 1. The number of halogens is 6. The highest BCUT2D eigenvalue weighted by Crippen LogP contribution is 2.38. The van der Waals surface area contributed by atoms with Crippen LogP contribution >= 0.6 is 0 Å². The Kier molecular flexibility index (Phi) is 4.57. The third-order valence-electron chi connectivity index (χ3n) is 3.82. The van der Waals surface area contributed by atoms with Crippen LogP contribution in [0.15, 0.2) is 30.2 Å². The van der Waals surface area contributed by atoms with Gasteiger partial charge in [0, 0.05) is 12.6 Å². The van der Waals surface area contributed by atoms with Gasteiger partial charge < -0.3 is 10.4 Å². The van der Waals surface area contributed by atoms with Gasteiger partial charge in [-0.1, -0.05) is 0 Å². The summed E-state index contributed by atoms with van der Waals surface area (Å²) in [6, 6.07) is 0.998. The number of benzene rings is 1. The molecule has 150 valence electrons. The minimum atomic E-state index is -5.00. The van der Waals surface area contributed by atoms with Crippen LogP contribution in [0.25, 0.3) is 17.6 Å². The summed E-state index contributed by atoms with van der Waals surface area (Å²) in [4.78, 5) is 16.5. The highest BCUT2D eigenvalue weighted by Gasteiger charge is 2.37. The first-order valence-electron chi connectivity index (χ1n) is 7.51. The van der Waals surface area contributed by atoms with Crippen LogP contribution in [0, 0.1) is 0 Å². The van der Waals surface area contributed by atoms with Crippen LogP contribution < -0.4 is 5.32 Å². The van der Waals surface area contributed by atoms with Crippen molar-refractivity contribution in [2.45, 2.75) is 18.7 Å². The molecule has 1 aliphatic rings. The maximum absolute atomic E-state index is 12.9. The molecule has 0 aliphatic carbocycles. The summed E-state index contributed by atoms with van der Waals surface area (Å²) in [5.74, 6) is -1.00. The Bertz CT molecular complexity index is 917. The molecule has 2 heterocycles. The monoisotopic (exact) mass is 407 g/mol. The van der Waals surface area contributed by atoms with Gasteiger partial charge in [0.25, 0.3) is 5.91 Å². The smallest absolute Gasteiger partial charge is 0.356 e. The molecular weight excluding hydrogens is 396 g/mol. The molecule has 13 heteroatoms. The van der Waals surface area contributed by atoms with Gasteiger partial charge in [-0.25, -0.2) is 9.67 Å². The third kappa shape index (κ3) is 3.78. The Morgan fingerprint density at radius 2 is 1.68 bits per heavy atom. The van der Waals surface area contributed by atoms with Crippen LogP contribution in [0.1, 0.15) is 11.1 Å². The number of aliphatic hydroxyl groups excluding tert-OH is 1. The minimum absolute atomic E-state index is 0.000803. The van der Waals surface area contributed by atoms with E-state index in [1.54, 1.807) is 0 Å². The van der Waals surface area contributed by atoms with Gasteiger partial charge in [-0.15, -0.1) is 5.10 Å². The van der Waals surface area contributed by atoms with Crippen molar-refractivity contribution in [1.82, 2.24) is 25.0 Å². The number of hydrogen-bond donors (Lipinski definition) is 2. The van der Waals surface area contributed by atoms with E-state index in [1.165, 1.54) is 7.05 Å². The van der Waals surface area contributed by atoms with Crippen molar-refractivity contribution in [2.75, 3.05) is 7.05 Å². The number of rotatable bonds is 2. The molecule has 1 aromatic heterocycles. The summed E-state index contributed by atoms with van der Waals surface area (Å²) >= 11 is 0. The summed E-state index contributed by atoms with van der Waals surface area (Å²) in [6.45, 7) is 0. The molecule has 0 bridgehead atoms. The highest BCUT2D eigenvalue weighted by molar-refractivity contribution is 5.97. The second kappa shape index (κ2) is 6.51. The zero-order valence-corrected chi connectivity index (χ0v) is 13.9. The van der Waals surface area contributed by atoms with Crippen molar-refractivity contribution < 1.29 is 36.2 Å². The van der Waals surface area contributed by atoms with Crippen molar-refractivity contribution in [2.24, 2.45) is 0 Å². The van der Waals surface area contributed by atoms with E-state index in [0.717, 1.165) is 22.1 Å². The van der Waals surface area contributed by atoms with E-state index in [-0.39, 0.29) is 11.8 Å². The fourth-order valence-electron chi connectivity index (χ4n) is 2.38. The molecule has 0 saturated carbocycles. The van der Waals surface area contributed by atoms with Gasteiger partial charge in [0.2, 0.25) is 6.35 Å². The second-order valence-electron chi connectivity index (χ2n) is 5.82. The van der Waals surface area contributed by atoms with Gasteiger partial charge in [-0.05, 0) is 18.2 Å². The first-order valence-corrected chi connectivity index (χ1v) is 7.51. The Hall–Kier alpha value is -3.09. The fraction of sp³-hybridized carbons (Fsp3) is 0.267. The number of carbonyl (C=O) groups is 1. The zero-order chi connectivity index (χ0) is 20.9. The van der Waals surface area contributed by atoms with Crippen LogP contribution in [-0.4, -0.2) is 44.1 Å². The quantitative estimate of drug-likeness (QED) is 0.589. The summed E-state index contributed by atoms with van der Waals surface area (Å²) in [5, 5.41) is 15.7. The molecule has 0 spiro atoms. The Balaban J connectivity index is 2.00. The van der Waals surface area contributed by atoms with Crippen molar-refractivity contribution in [3.8, 4) is 11.4 Å². The minimum Gasteiger partial charge on any atom is -0.356 e. The highest BCUT2D eigenvalue weighted by atomic mass is 19.4. The summed E-state index contributed by atoms with van der Waals surface area (Å²) in [7, 11) is 1.31. The Morgan fingerprint density at radius 1 is 1.11 bits per heavy atom. The third-order valence-corrected chi connectivity index (χ3v) is 3.82. The number of carbonyl (C=O) groups excluding carboxylic acids is 1. The molecule has 3 rings (SSSR count). The van der Waals surface area contributed by atoms with Gasteiger partial charge in [0.15, 0.2) is 5.82 Å². The topological polar surface area (TPSA) is 83.3 Å². The lowest BCUT2D eigenvalue weighted by Crippen LogP contribution is -2.33. The van der Waals surface area contributed by atoms with Crippen molar-refractivity contribution in [3.63, 3.8) is 0 Å². The first-order chi connectivity index (χ1) is 12.9. The van der Waals surface area contributed by atoms with Crippen LogP contribution in [0.4, 0.5) is 26.3 Å². The SMILES string of the molecule is CN1C(=O)/C(=C/n2cnc(-c3cc(C(F)(F)F)cc(C(F)(F)F)c3)n2)NC1O. The van der Waals surface area contributed by atoms with Crippen molar-refractivity contribution in [3.05, 3.63) is 41.4 Å². The molecule has 7 nitrogen and oxygen atoms in total. The van der Waals surface area contributed by atoms with Gasteiger partial charge in [-0.3, -0.25) is 9.69 Å². The molecular formula is C15H11F6N5O2. The van der Waals surface area contributed by atoms with Crippen molar-refractivity contribution in [1.29, 1.82) is 0 Å². The lowest BCUT2D eigenvalue weighted by Gasteiger charge is -2.13. The maximum Gasteiger partial charge on any atom is 0.416 e. The summed E-state index contributed by atoms with van der Waals surface area (Å²) in [5.41, 5.74) is -3.58. The molecule has 1 amide bonds. The number of aromatic nitrogens is 3. The van der Waals surface area contributed by atoms with Crippen LogP contribution in [-0.2, 0) is 17.1 Å². The van der Waals surface area contributed by atoms with E-state index < -0.39 is 47.1 Å². The number of aliphatic hydroxyl groups is 1. The van der Waals surface area contributed by atoms with Crippen LogP contribution in [0.3, 0.4) is 0 Å². The number of amides is 1. The van der Waals surface area contributed by atoms with E-state index >= 15 is 0 Å². The molecule has 2 aromatic rings. The number of nitrogens with zero attached hydrogens (tertiary/aromatic N) is 4. The number of alkyl halides is 6. The molecule has 1 aromatic carbocycles. The maximum atomic E-state index is 12.9. The normalized spacial score (nSPS) is 19.4. The van der Waals surface area contributed by atoms with E-state index in [4.69, 9.17) is 0 Å².